The Morgan fingerprint density at radius 3 is 2.73 bits per heavy atom. The molecule has 140 valence electrons. The Balaban J connectivity index is 1.40. The fraction of sp³-hybridized carbons (Fsp3) is 0.526. The van der Waals surface area contributed by atoms with Gasteiger partial charge in [0.25, 0.3) is 0 Å². The number of likely N-dealkylation sites (tertiary alicyclic amines) is 1. The van der Waals surface area contributed by atoms with E-state index in [0.29, 0.717) is 37.8 Å². The molecule has 1 fully saturated rings. The number of aromatic nitrogens is 2. The first-order chi connectivity index (χ1) is 12.5. The highest BCUT2D eigenvalue weighted by molar-refractivity contribution is 5.90. The van der Waals surface area contributed by atoms with E-state index < -0.39 is 0 Å². The van der Waals surface area contributed by atoms with Gasteiger partial charge >= 0.3 is 6.03 Å². The van der Waals surface area contributed by atoms with Crippen LogP contribution in [0.1, 0.15) is 35.7 Å². The van der Waals surface area contributed by atoms with Gasteiger partial charge in [0.05, 0.1) is 12.7 Å². The molecule has 2 amide bonds. The summed E-state index contributed by atoms with van der Waals surface area (Å²) in [7, 11) is 0. The van der Waals surface area contributed by atoms with Crippen LogP contribution in [0.2, 0.25) is 0 Å². The number of benzene rings is 1. The summed E-state index contributed by atoms with van der Waals surface area (Å²) in [6, 6.07) is 5.99. The zero-order valence-electron chi connectivity index (χ0n) is 15.6. The maximum atomic E-state index is 12.5. The third kappa shape index (κ3) is 4.82. The highest BCUT2D eigenvalue weighted by Crippen LogP contribution is 2.19. The Bertz CT molecular complexity index is 751. The average molecular weight is 358 g/mol. The second kappa shape index (κ2) is 8.31. The van der Waals surface area contributed by atoms with Crippen molar-refractivity contribution in [1.29, 1.82) is 0 Å². The maximum absolute atomic E-state index is 12.5. The molecule has 26 heavy (non-hydrogen) atoms. The van der Waals surface area contributed by atoms with Crippen molar-refractivity contribution in [3.05, 3.63) is 41.0 Å². The van der Waals surface area contributed by atoms with E-state index in [1.165, 1.54) is 5.56 Å². The normalized spacial score (nSPS) is 15.3. The molecule has 0 atom stereocenters. The second-order valence-electron chi connectivity index (χ2n) is 6.79. The van der Waals surface area contributed by atoms with Gasteiger partial charge in [-0.2, -0.15) is 4.98 Å². The summed E-state index contributed by atoms with van der Waals surface area (Å²) in [6.07, 6.45) is 2.50. The van der Waals surface area contributed by atoms with Gasteiger partial charge in [0, 0.05) is 32.1 Å². The van der Waals surface area contributed by atoms with Crippen LogP contribution in [-0.2, 0) is 11.2 Å². The summed E-state index contributed by atoms with van der Waals surface area (Å²) in [5.74, 6) is 1.25. The fourth-order valence-electron chi connectivity index (χ4n) is 3.13. The number of rotatable bonds is 5. The number of aryl methyl sites for hydroxylation is 3. The number of anilines is 1. The van der Waals surface area contributed by atoms with Gasteiger partial charge in [-0.15, -0.1) is 0 Å². The van der Waals surface area contributed by atoms with Gasteiger partial charge < -0.3 is 19.5 Å². The van der Waals surface area contributed by atoms with Crippen LogP contribution in [0.5, 0.6) is 0 Å². The van der Waals surface area contributed by atoms with E-state index in [1.54, 1.807) is 6.92 Å². The van der Waals surface area contributed by atoms with Crippen LogP contribution in [0.15, 0.2) is 22.7 Å². The van der Waals surface area contributed by atoms with Crippen molar-refractivity contribution in [3.8, 4) is 0 Å². The first-order valence-electron chi connectivity index (χ1n) is 9.05. The van der Waals surface area contributed by atoms with E-state index in [2.05, 4.69) is 21.5 Å². The summed E-state index contributed by atoms with van der Waals surface area (Å²) in [5, 5.41) is 6.87. The van der Waals surface area contributed by atoms with Crippen molar-refractivity contribution in [2.45, 2.75) is 46.1 Å². The number of nitrogens with one attached hydrogen (secondary N) is 1. The smallest absolute Gasteiger partial charge is 0.321 e. The second-order valence-corrected chi connectivity index (χ2v) is 6.79. The highest BCUT2D eigenvalue weighted by atomic mass is 16.5. The summed E-state index contributed by atoms with van der Waals surface area (Å²) >= 11 is 0. The van der Waals surface area contributed by atoms with Gasteiger partial charge in [0.1, 0.15) is 0 Å². The molecule has 1 aromatic heterocycles. The lowest BCUT2D eigenvalue weighted by Crippen LogP contribution is -2.43. The lowest BCUT2D eigenvalue weighted by atomic mass is 10.1. The molecule has 0 radical (unpaired) electrons. The van der Waals surface area contributed by atoms with Crippen LogP contribution in [-0.4, -0.2) is 46.9 Å². The number of carbonyl (C=O) groups excluding carboxylic acids is 1. The van der Waals surface area contributed by atoms with Gasteiger partial charge in [-0.1, -0.05) is 22.9 Å². The number of carbonyl (C=O) groups is 1. The first-order valence-corrected chi connectivity index (χ1v) is 9.05. The molecule has 0 spiro atoms. The molecule has 2 aromatic rings. The molecule has 7 heteroatoms. The molecule has 0 bridgehead atoms. The number of hydrogen-bond donors (Lipinski definition) is 1. The molecule has 0 unspecified atom stereocenters. The average Bonchev–Trinajstić information content (AvgIpc) is 3.03. The van der Waals surface area contributed by atoms with E-state index in [1.807, 2.05) is 30.9 Å². The summed E-state index contributed by atoms with van der Waals surface area (Å²) in [4.78, 5) is 18.5. The van der Waals surface area contributed by atoms with Gasteiger partial charge in [-0.3, -0.25) is 0 Å². The van der Waals surface area contributed by atoms with Gasteiger partial charge in [-0.05, 0) is 38.3 Å². The van der Waals surface area contributed by atoms with Crippen molar-refractivity contribution in [3.63, 3.8) is 0 Å². The molecule has 2 heterocycles. The Labute approximate surface area is 153 Å². The van der Waals surface area contributed by atoms with Gasteiger partial charge in [-0.25, -0.2) is 4.79 Å². The van der Waals surface area contributed by atoms with Crippen LogP contribution in [0.4, 0.5) is 10.5 Å². The molecule has 1 aliphatic rings. The predicted molar refractivity (Wildman–Crippen MR) is 98.2 cm³/mol. The van der Waals surface area contributed by atoms with Gasteiger partial charge in [0.2, 0.25) is 5.89 Å². The summed E-state index contributed by atoms with van der Waals surface area (Å²) in [5.41, 5.74) is 3.14. The minimum Gasteiger partial charge on any atom is -0.378 e. The quantitative estimate of drug-likeness (QED) is 0.887. The number of amides is 2. The van der Waals surface area contributed by atoms with Crippen molar-refractivity contribution in [2.24, 2.45) is 0 Å². The van der Waals surface area contributed by atoms with Crippen LogP contribution < -0.4 is 5.32 Å². The third-order valence-corrected chi connectivity index (χ3v) is 4.60. The number of ether oxygens (including phenoxy) is 1. The summed E-state index contributed by atoms with van der Waals surface area (Å²) in [6.45, 7) is 7.79. The predicted octanol–water partition coefficient (Wildman–Crippen LogP) is 3.25. The van der Waals surface area contributed by atoms with Crippen molar-refractivity contribution in [1.82, 2.24) is 15.0 Å². The van der Waals surface area contributed by atoms with Crippen molar-refractivity contribution >= 4 is 11.7 Å². The van der Waals surface area contributed by atoms with E-state index in [4.69, 9.17) is 9.26 Å². The Morgan fingerprint density at radius 1 is 1.31 bits per heavy atom. The minimum absolute atomic E-state index is 0.0438. The van der Waals surface area contributed by atoms with Crippen LogP contribution in [0.25, 0.3) is 0 Å². The summed E-state index contributed by atoms with van der Waals surface area (Å²) < 4.78 is 10.8. The van der Waals surface area contributed by atoms with E-state index >= 15 is 0 Å². The van der Waals surface area contributed by atoms with Crippen molar-refractivity contribution < 1.29 is 14.1 Å². The lowest BCUT2D eigenvalue weighted by Gasteiger charge is -2.32. The number of piperidine rings is 1. The molecule has 1 N–H and O–H groups in total. The molecule has 1 aromatic carbocycles. The molecule has 0 saturated carbocycles. The SMILES string of the molecule is Cc1ccc(NC(=O)N2CCC(OCCc3noc(C)n3)CC2)c(C)c1. The molecular formula is C19H26N4O3. The minimum atomic E-state index is -0.0438. The van der Waals surface area contributed by atoms with Crippen LogP contribution in [0, 0.1) is 20.8 Å². The maximum Gasteiger partial charge on any atom is 0.321 e. The number of nitrogens with zero attached hydrogens (tertiary/aromatic N) is 3. The Morgan fingerprint density at radius 2 is 2.08 bits per heavy atom. The topological polar surface area (TPSA) is 80.5 Å². The molecule has 7 nitrogen and oxygen atoms in total. The van der Waals surface area contributed by atoms with E-state index in [-0.39, 0.29) is 12.1 Å². The molecule has 1 saturated heterocycles. The largest absolute Gasteiger partial charge is 0.378 e. The Hall–Kier alpha value is -2.41. The number of hydrogen-bond acceptors (Lipinski definition) is 5. The van der Waals surface area contributed by atoms with E-state index in [9.17, 15) is 4.79 Å². The van der Waals surface area contributed by atoms with Crippen LogP contribution >= 0.6 is 0 Å². The Kier molecular flexibility index (Phi) is 5.88. The molecule has 3 rings (SSSR count). The lowest BCUT2D eigenvalue weighted by molar-refractivity contribution is 0.0168. The van der Waals surface area contributed by atoms with Crippen molar-refractivity contribution in [2.75, 3.05) is 25.0 Å². The van der Waals surface area contributed by atoms with Crippen LogP contribution in [0.3, 0.4) is 0 Å². The molecule has 0 aliphatic carbocycles. The number of urea groups is 1. The van der Waals surface area contributed by atoms with E-state index in [0.717, 1.165) is 24.1 Å². The highest BCUT2D eigenvalue weighted by Gasteiger charge is 2.23. The fourth-order valence-corrected chi connectivity index (χ4v) is 3.13. The zero-order chi connectivity index (χ0) is 18.5. The monoisotopic (exact) mass is 358 g/mol. The molecule has 1 aliphatic heterocycles. The standard InChI is InChI=1S/C19H26N4O3/c1-13-4-5-17(14(2)12-13)21-19(24)23-9-6-16(7-10-23)25-11-8-18-20-15(3)26-22-18/h4-5,12,16H,6-11H2,1-3H3,(H,21,24). The third-order valence-electron chi connectivity index (χ3n) is 4.60. The zero-order valence-corrected chi connectivity index (χ0v) is 15.6. The van der Waals surface area contributed by atoms with Gasteiger partial charge in [0.15, 0.2) is 5.82 Å². The molecular weight excluding hydrogens is 332 g/mol. The first kappa shape index (κ1) is 18.4.